The molecule has 0 atom stereocenters. The van der Waals surface area contributed by atoms with E-state index in [1.165, 1.54) is 27.7 Å². The van der Waals surface area contributed by atoms with Crippen LogP contribution in [0.1, 0.15) is 33.4 Å². The largest absolute Gasteiger partial charge is 0.457 e. The summed E-state index contributed by atoms with van der Waals surface area (Å²) in [5.74, 6) is 1.14. The molecule has 0 bridgehead atoms. The third-order valence-corrected chi connectivity index (χ3v) is 9.00. The van der Waals surface area contributed by atoms with Crippen LogP contribution in [0, 0.1) is 27.7 Å². The molecule has 0 spiro atoms. The molecule has 8 heteroatoms. The second-order valence-electron chi connectivity index (χ2n) is 12.6. The van der Waals surface area contributed by atoms with E-state index in [0.717, 1.165) is 46.5 Å². The van der Waals surface area contributed by atoms with E-state index < -0.39 is 28.9 Å². The van der Waals surface area contributed by atoms with E-state index in [0.29, 0.717) is 11.5 Å². The summed E-state index contributed by atoms with van der Waals surface area (Å²) in [6, 6.07) is 37.1. The number of halogens is 6. The third kappa shape index (κ3) is 6.83. The number of hydrogen-bond acceptors (Lipinski definition) is 2. The van der Waals surface area contributed by atoms with Gasteiger partial charge in [-0.15, -0.1) is 0 Å². The topological polar surface area (TPSA) is 18.5 Å². The van der Waals surface area contributed by atoms with Crippen molar-refractivity contribution in [2.45, 2.75) is 45.5 Å². The van der Waals surface area contributed by atoms with Gasteiger partial charge in [0.25, 0.3) is 0 Å². The predicted octanol–water partition coefficient (Wildman–Crippen LogP) is 13.2. The van der Waals surface area contributed by atoms with Crippen LogP contribution in [0.5, 0.6) is 23.0 Å². The highest BCUT2D eigenvalue weighted by atomic mass is 19.4. The quantitative estimate of drug-likeness (QED) is 0.148. The highest BCUT2D eigenvalue weighted by Gasteiger charge is 2.72. The number of hydrogen-bond donors (Lipinski definition) is 0. The zero-order valence-electron chi connectivity index (χ0n) is 28.3. The Balaban J connectivity index is 1.36. The number of rotatable bonds is 8. The van der Waals surface area contributed by atoms with Crippen molar-refractivity contribution in [2.75, 3.05) is 0 Å². The van der Waals surface area contributed by atoms with Gasteiger partial charge in [0.2, 0.25) is 5.41 Å². The minimum Gasteiger partial charge on any atom is -0.457 e. The van der Waals surface area contributed by atoms with E-state index in [9.17, 15) is 0 Å². The standard InChI is InChI=1S/C43H34F6O2/c1-27-23-35(24-28(2)39(27)50-37-19-15-33(16-20-37)31-11-7-5-8-12-31)41(42(44,45)46,43(47,48)49)36-25-29(3)40(30(4)26-36)51-38-21-17-34(18-22-38)32-13-9-6-10-14-32/h5-26H,1-4H3. The number of aryl methyl sites for hydroxylation is 4. The first-order valence-corrected chi connectivity index (χ1v) is 16.2. The van der Waals surface area contributed by atoms with Gasteiger partial charge in [-0.05, 0) is 108 Å². The average Bonchev–Trinajstić information content (AvgIpc) is 3.08. The van der Waals surface area contributed by atoms with Crippen molar-refractivity contribution in [1.29, 1.82) is 0 Å². The minimum absolute atomic E-state index is 0.127. The van der Waals surface area contributed by atoms with Gasteiger partial charge >= 0.3 is 12.4 Å². The van der Waals surface area contributed by atoms with Crippen molar-refractivity contribution in [2.24, 2.45) is 0 Å². The molecule has 260 valence electrons. The van der Waals surface area contributed by atoms with Crippen molar-refractivity contribution in [3.05, 3.63) is 167 Å². The van der Waals surface area contributed by atoms with Crippen molar-refractivity contribution in [3.63, 3.8) is 0 Å². The van der Waals surface area contributed by atoms with E-state index >= 15 is 26.3 Å². The van der Waals surface area contributed by atoms with Crippen LogP contribution in [0.3, 0.4) is 0 Å². The first kappa shape index (κ1) is 35.3. The van der Waals surface area contributed by atoms with Crippen LogP contribution in [0.4, 0.5) is 26.3 Å². The molecule has 0 aliphatic carbocycles. The summed E-state index contributed by atoms with van der Waals surface area (Å²) < 4.78 is 104. The molecule has 0 aliphatic heterocycles. The maximum Gasteiger partial charge on any atom is 0.411 e. The summed E-state index contributed by atoms with van der Waals surface area (Å²) in [6.45, 7) is 5.77. The lowest BCUT2D eigenvalue weighted by atomic mass is 9.71. The Hall–Kier alpha value is -5.50. The summed E-state index contributed by atoms with van der Waals surface area (Å²) in [7, 11) is 0. The number of benzene rings is 6. The average molecular weight is 697 g/mol. The first-order valence-electron chi connectivity index (χ1n) is 16.2. The molecule has 51 heavy (non-hydrogen) atoms. The third-order valence-electron chi connectivity index (χ3n) is 9.00. The molecule has 0 N–H and O–H groups in total. The van der Waals surface area contributed by atoms with Gasteiger partial charge < -0.3 is 9.47 Å². The van der Waals surface area contributed by atoms with Gasteiger partial charge in [0.15, 0.2) is 0 Å². The molecule has 0 radical (unpaired) electrons. The second-order valence-corrected chi connectivity index (χ2v) is 12.6. The molecule has 0 unspecified atom stereocenters. The molecule has 0 aromatic heterocycles. The smallest absolute Gasteiger partial charge is 0.411 e. The molecule has 0 amide bonds. The van der Waals surface area contributed by atoms with Crippen LogP contribution in [-0.2, 0) is 5.41 Å². The summed E-state index contributed by atoms with van der Waals surface area (Å²) in [5, 5.41) is 0. The lowest BCUT2D eigenvalue weighted by Gasteiger charge is -2.39. The molecule has 0 fully saturated rings. The SMILES string of the molecule is Cc1cc(C(c2cc(C)c(Oc3ccc(-c4ccccc4)cc3)c(C)c2)(C(F)(F)F)C(F)(F)F)cc(C)c1Oc1ccc(-c2ccccc2)cc1. The molecular formula is C43H34F6O2. The molecule has 6 aromatic carbocycles. The van der Waals surface area contributed by atoms with Gasteiger partial charge in [0.05, 0.1) is 0 Å². The Labute approximate surface area is 292 Å². The van der Waals surface area contributed by atoms with Crippen LogP contribution in [-0.4, -0.2) is 12.4 Å². The van der Waals surface area contributed by atoms with Crippen molar-refractivity contribution >= 4 is 0 Å². The maximum absolute atomic E-state index is 15.2. The summed E-state index contributed by atoms with van der Waals surface area (Å²) in [6.07, 6.45) is -11.5. The van der Waals surface area contributed by atoms with Gasteiger partial charge in [-0.2, -0.15) is 26.3 Å². The second kappa shape index (κ2) is 13.7. The fourth-order valence-corrected chi connectivity index (χ4v) is 6.57. The van der Waals surface area contributed by atoms with Crippen LogP contribution in [0.15, 0.2) is 133 Å². The van der Waals surface area contributed by atoms with Gasteiger partial charge in [-0.3, -0.25) is 0 Å². The molecular weight excluding hydrogens is 662 g/mol. The molecule has 6 aromatic rings. The van der Waals surface area contributed by atoms with Gasteiger partial charge in [0, 0.05) is 0 Å². The summed E-state index contributed by atoms with van der Waals surface area (Å²) >= 11 is 0. The monoisotopic (exact) mass is 696 g/mol. The predicted molar refractivity (Wildman–Crippen MR) is 189 cm³/mol. The Morgan fingerprint density at radius 2 is 0.647 bits per heavy atom. The molecule has 0 saturated heterocycles. The van der Waals surface area contributed by atoms with E-state index in [2.05, 4.69) is 0 Å². The van der Waals surface area contributed by atoms with Gasteiger partial charge in [-0.25, -0.2) is 0 Å². The first-order chi connectivity index (χ1) is 24.2. The lowest BCUT2D eigenvalue weighted by molar-refractivity contribution is -0.288. The van der Waals surface area contributed by atoms with Crippen molar-refractivity contribution in [1.82, 2.24) is 0 Å². The highest BCUT2D eigenvalue weighted by molar-refractivity contribution is 5.65. The van der Waals surface area contributed by atoms with Crippen LogP contribution >= 0.6 is 0 Å². The summed E-state index contributed by atoms with van der Waals surface area (Å²) in [5.41, 5.74) is -1.91. The summed E-state index contributed by atoms with van der Waals surface area (Å²) in [4.78, 5) is 0. The Kier molecular flexibility index (Phi) is 9.47. The maximum atomic E-state index is 15.2. The Bertz CT molecular complexity index is 1930. The fraction of sp³-hybridized carbons (Fsp3) is 0.163. The molecule has 0 aliphatic rings. The van der Waals surface area contributed by atoms with E-state index in [-0.39, 0.29) is 33.8 Å². The van der Waals surface area contributed by atoms with Crippen LogP contribution < -0.4 is 9.47 Å². The van der Waals surface area contributed by atoms with Crippen LogP contribution in [0.2, 0.25) is 0 Å². The molecule has 0 saturated carbocycles. The fourth-order valence-electron chi connectivity index (χ4n) is 6.57. The van der Waals surface area contributed by atoms with Crippen molar-refractivity contribution in [3.8, 4) is 45.3 Å². The van der Waals surface area contributed by atoms with E-state index in [1.807, 2.05) is 84.9 Å². The van der Waals surface area contributed by atoms with Gasteiger partial charge in [0.1, 0.15) is 23.0 Å². The van der Waals surface area contributed by atoms with Crippen molar-refractivity contribution < 1.29 is 35.8 Å². The highest BCUT2D eigenvalue weighted by Crippen LogP contribution is 2.57. The van der Waals surface area contributed by atoms with E-state index in [1.54, 1.807) is 24.3 Å². The number of alkyl halides is 6. The minimum atomic E-state index is -5.76. The zero-order chi connectivity index (χ0) is 36.6. The normalized spacial score (nSPS) is 12.1. The molecule has 0 heterocycles. The van der Waals surface area contributed by atoms with Gasteiger partial charge in [-0.1, -0.05) is 109 Å². The Morgan fingerprint density at radius 3 is 0.922 bits per heavy atom. The van der Waals surface area contributed by atoms with Crippen LogP contribution in [0.25, 0.3) is 22.3 Å². The number of ether oxygens (including phenoxy) is 2. The van der Waals surface area contributed by atoms with E-state index in [4.69, 9.17) is 9.47 Å². The lowest BCUT2D eigenvalue weighted by Crippen LogP contribution is -2.55. The molecule has 2 nitrogen and oxygen atoms in total. The molecule has 6 rings (SSSR count). The Morgan fingerprint density at radius 1 is 0.373 bits per heavy atom. The zero-order valence-corrected chi connectivity index (χ0v) is 28.3.